The normalized spacial score (nSPS) is 21.7. The van der Waals surface area contributed by atoms with Crippen molar-refractivity contribution in [1.29, 1.82) is 0 Å². The van der Waals surface area contributed by atoms with E-state index < -0.39 is 23.8 Å². The van der Waals surface area contributed by atoms with Gasteiger partial charge in [-0.25, -0.2) is 0 Å². The van der Waals surface area contributed by atoms with E-state index >= 15 is 0 Å². The Morgan fingerprint density at radius 3 is 2.70 bits per heavy atom. The zero-order chi connectivity index (χ0) is 14.9. The molecule has 0 aliphatic carbocycles. The Labute approximate surface area is 116 Å². The minimum Gasteiger partial charge on any atom is -0.507 e. The molecule has 1 aromatic carbocycles. The van der Waals surface area contributed by atoms with E-state index in [4.69, 9.17) is 9.84 Å². The molecule has 0 saturated carbocycles. The highest BCUT2D eigenvalue weighted by atomic mass is 16.5. The second-order valence-corrected chi connectivity index (χ2v) is 4.99. The van der Waals surface area contributed by atoms with E-state index in [2.05, 4.69) is 0 Å². The van der Waals surface area contributed by atoms with Gasteiger partial charge in [0.05, 0.1) is 24.8 Å². The summed E-state index contributed by atoms with van der Waals surface area (Å²) < 4.78 is 5.15. The molecule has 1 heterocycles. The van der Waals surface area contributed by atoms with Crippen molar-refractivity contribution in [1.82, 2.24) is 4.90 Å². The highest BCUT2D eigenvalue weighted by Gasteiger charge is 2.39. The van der Waals surface area contributed by atoms with E-state index in [0.717, 1.165) is 5.56 Å². The number of aliphatic carboxylic acids is 1. The van der Waals surface area contributed by atoms with Gasteiger partial charge in [0, 0.05) is 7.05 Å². The number of carboxylic acid groups (broad SMARTS) is 1. The molecular weight excluding hydrogens is 262 g/mol. The summed E-state index contributed by atoms with van der Waals surface area (Å²) in [5.41, 5.74) is 1.01. The van der Waals surface area contributed by atoms with Crippen LogP contribution in [0.4, 0.5) is 0 Å². The lowest BCUT2D eigenvalue weighted by molar-refractivity contribution is -0.142. The molecule has 0 radical (unpaired) electrons. The predicted molar refractivity (Wildman–Crippen MR) is 70.7 cm³/mol. The molecule has 0 bridgehead atoms. The molecular formula is C14H17NO5. The van der Waals surface area contributed by atoms with Gasteiger partial charge in [-0.2, -0.15) is 0 Å². The molecule has 1 fully saturated rings. The zero-order valence-electron chi connectivity index (χ0n) is 11.4. The SMILES string of the molecule is Cc1ccc(O)c(C(=O)N(C)C2COCC2C(=O)O)c1. The summed E-state index contributed by atoms with van der Waals surface area (Å²) in [6, 6.07) is 4.21. The van der Waals surface area contributed by atoms with Crippen LogP contribution in [0.5, 0.6) is 5.75 Å². The molecule has 1 saturated heterocycles. The third-order valence-electron chi connectivity index (χ3n) is 3.57. The number of benzene rings is 1. The molecule has 1 amide bonds. The van der Waals surface area contributed by atoms with Crippen molar-refractivity contribution in [3.63, 3.8) is 0 Å². The fraction of sp³-hybridized carbons (Fsp3) is 0.429. The van der Waals surface area contributed by atoms with Gasteiger partial charge >= 0.3 is 5.97 Å². The van der Waals surface area contributed by atoms with Crippen molar-refractivity contribution in [3.05, 3.63) is 29.3 Å². The lowest BCUT2D eigenvalue weighted by atomic mass is 10.0. The first-order valence-electron chi connectivity index (χ1n) is 6.29. The Morgan fingerprint density at radius 2 is 2.05 bits per heavy atom. The van der Waals surface area contributed by atoms with Crippen LogP contribution >= 0.6 is 0 Å². The molecule has 2 unspecified atom stereocenters. The number of nitrogens with zero attached hydrogens (tertiary/aromatic N) is 1. The number of hydrogen-bond donors (Lipinski definition) is 2. The first-order valence-corrected chi connectivity index (χ1v) is 6.29. The van der Waals surface area contributed by atoms with Gasteiger partial charge in [0.15, 0.2) is 0 Å². The Hall–Kier alpha value is -2.08. The van der Waals surface area contributed by atoms with E-state index in [9.17, 15) is 14.7 Å². The second-order valence-electron chi connectivity index (χ2n) is 4.99. The third-order valence-corrected chi connectivity index (χ3v) is 3.57. The molecule has 2 atom stereocenters. The molecule has 108 valence electrons. The molecule has 0 aromatic heterocycles. The van der Waals surface area contributed by atoms with E-state index in [1.165, 1.54) is 18.0 Å². The van der Waals surface area contributed by atoms with Crippen molar-refractivity contribution >= 4 is 11.9 Å². The van der Waals surface area contributed by atoms with Crippen molar-refractivity contribution in [3.8, 4) is 5.75 Å². The van der Waals surface area contributed by atoms with Gasteiger partial charge in [-0.3, -0.25) is 9.59 Å². The number of aromatic hydroxyl groups is 1. The average Bonchev–Trinajstić information content (AvgIpc) is 2.89. The van der Waals surface area contributed by atoms with E-state index in [1.807, 2.05) is 6.92 Å². The number of carbonyl (C=O) groups excluding carboxylic acids is 1. The van der Waals surface area contributed by atoms with Crippen molar-refractivity contribution in [2.45, 2.75) is 13.0 Å². The van der Waals surface area contributed by atoms with Crippen molar-refractivity contribution < 1.29 is 24.5 Å². The fourth-order valence-electron chi connectivity index (χ4n) is 2.32. The lowest BCUT2D eigenvalue weighted by Gasteiger charge is -2.26. The van der Waals surface area contributed by atoms with Crippen LogP contribution in [0, 0.1) is 12.8 Å². The summed E-state index contributed by atoms with van der Waals surface area (Å²) in [6.07, 6.45) is 0. The first kappa shape index (κ1) is 14.3. The highest BCUT2D eigenvalue weighted by molar-refractivity contribution is 5.97. The number of phenolic OH excluding ortho intramolecular Hbond substituents is 1. The van der Waals surface area contributed by atoms with E-state index in [1.54, 1.807) is 12.1 Å². The number of carbonyl (C=O) groups is 2. The molecule has 0 spiro atoms. The maximum atomic E-state index is 12.4. The van der Waals surface area contributed by atoms with Crippen LogP contribution in [0.1, 0.15) is 15.9 Å². The van der Waals surface area contributed by atoms with Crippen molar-refractivity contribution in [2.75, 3.05) is 20.3 Å². The molecule has 6 heteroatoms. The molecule has 1 aliphatic rings. The molecule has 6 nitrogen and oxygen atoms in total. The van der Waals surface area contributed by atoms with Gasteiger partial charge in [-0.15, -0.1) is 0 Å². The largest absolute Gasteiger partial charge is 0.507 e. The number of ether oxygens (including phenoxy) is 1. The van der Waals surface area contributed by atoms with Crippen LogP contribution in [0.3, 0.4) is 0 Å². The Kier molecular flexibility index (Phi) is 3.94. The fourth-order valence-corrected chi connectivity index (χ4v) is 2.32. The quantitative estimate of drug-likeness (QED) is 0.857. The number of phenols is 1. The Morgan fingerprint density at radius 1 is 1.35 bits per heavy atom. The number of rotatable bonds is 3. The van der Waals surface area contributed by atoms with Gasteiger partial charge in [0.25, 0.3) is 5.91 Å². The van der Waals surface area contributed by atoms with Crippen molar-refractivity contribution in [2.24, 2.45) is 5.92 Å². The van der Waals surface area contributed by atoms with Gasteiger partial charge in [0.2, 0.25) is 0 Å². The second kappa shape index (κ2) is 5.50. The Balaban J connectivity index is 2.24. The van der Waals surface area contributed by atoms with Gasteiger partial charge in [-0.05, 0) is 19.1 Å². The molecule has 1 aromatic rings. The molecule has 20 heavy (non-hydrogen) atoms. The van der Waals surface area contributed by atoms with E-state index in [0.29, 0.717) is 0 Å². The van der Waals surface area contributed by atoms with Crippen LogP contribution < -0.4 is 0 Å². The van der Waals surface area contributed by atoms with Crippen LogP contribution in [0.25, 0.3) is 0 Å². The zero-order valence-corrected chi connectivity index (χ0v) is 11.4. The highest BCUT2D eigenvalue weighted by Crippen LogP contribution is 2.24. The topological polar surface area (TPSA) is 87.1 Å². The van der Waals surface area contributed by atoms with E-state index in [-0.39, 0.29) is 24.5 Å². The van der Waals surface area contributed by atoms with Gasteiger partial charge < -0.3 is 19.8 Å². The summed E-state index contributed by atoms with van der Waals surface area (Å²) >= 11 is 0. The first-order chi connectivity index (χ1) is 9.41. The Bertz CT molecular complexity index is 542. The predicted octanol–water partition coefficient (Wildman–Crippen LogP) is 0.872. The smallest absolute Gasteiger partial charge is 0.311 e. The maximum Gasteiger partial charge on any atom is 0.311 e. The summed E-state index contributed by atoms with van der Waals surface area (Å²) in [5.74, 6) is -2.25. The summed E-state index contributed by atoms with van der Waals surface area (Å²) in [5, 5.41) is 18.9. The van der Waals surface area contributed by atoms with Crippen LogP contribution in [-0.4, -0.2) is 53.3 Å². The van der Waals surface area contributed by atoms with Crippen LogP contribution in [-0.2, 0) is 9.53 Å². The number of carboxylic acids is 1. The molecule has 2 rings (SSSR count). The summed E-state index contributed by atoms with van der Waals surface area (Å²) in [6.45, 7) is 2.10. The average molecular weight is 279 g/mol. The van der Waals surface area contributed by atoms with Gasteiger partial charge in [0.1, 0.15) is 11.7 Å². The minimum atomic E-state index is -0.986. The standard InChI is InChI=1S/C14H17NO5/c1-8-3-4-12(16)9(5-8)13(17)15(2)11-7-20-6-10(11)14(18)19/h3-5,10-11,16H,6-7H2,1-2H3,(H,18,19). The summed E-state index contributed by atoms with van der Waals surface area (Å²) in [7, 11) is 1.53. The third kappa shape index (κ3) is 2.60. The monoisotopic (exact) mass is 279 g/mol. The number of hydrogen-bond acceptors (Lipinski definition) is 4. The summed E-state index contributed by atoms with van der Waals surface area (Å²) in [4.78, 5) is 24.9. The van der Waals surface area contributed by atoms with Crippen LogP contribution in [0.2, 0.25) is 0 Å². The van der Waals surface area contributed by atoms with Crippen LogP contribution in [0.15, 0.2) is 18.2 Å². The molecule has 1 aliphatic heterocycles. The lowest BCUT2D eigenvalue weighted by Crippen LogP contribution is -2.44. The minimum absolute atomic E-state index is 0.0947. The number of aryl methyl sites for hydroxylation is 1. The number of likely N-dealkylation sites (N-methyl/N-ethyl adjacent to an activating group) is 1. The molecule has 2 N–H and O–H groups in total. The maximum absolute atomic E-state index is 12.4. The number of amides is 1. The van der Waals surface area contributed by atoms with Gasteiger partial charge in [-0.1, -0.05) is 11.6 Å².